The lowest BCUT2D eigenvalue weighted by Crippen LogP contribution is -2.32. The smallest absolute Gasteiger partial charge is 0.0271 e. The van der Waals surface area contributed by atoms with Crippen LogP contribution in [-0.4, -0.2) is 36.1 Å². The summed E-state index contributed by atoms with van der Waals surface area (Å²) < 4.78 is 0. The maximum atomic E-state index is 4.05. The van der Waals surface area contributed by atoms with E-state index in [0.717, 1.165) is 38.6 Å². The van der Waals surface area contributed by atoms with Crippen LogP contribution in [0.3, 0.4) is 0 Å². The zero-order chi connectivity index (χ0) is 13.2. The van der Waals surface area contributed by atoms with Gasteiger partial charge in [-0.15, -0.1) is 0 Å². The second-order valence-corrected chi connectivity index (χ2v) is 5.16. The van der Waals surface area contributed by atoms with Crippen molar-refractivity contribution in [3.05, 3.63) is 30.1 Å². The summed E-state index contributed by atoms with van der Waals surface area (Å²) in [4.78, 5) is 6.51. The largest absolute Gasteiger partial charge is 0.315 e. The van der Waals surface area contributed by atoms with Crippen LogP contribution in [0.15, 0.2) is 24.5 Å². The van der Waals surface area contributed by atoms with Gasteiger partial charge >= 0.3 is 0 Å². The molecule has 18 heavy (non-hydrogen) atoms. The number of hydrogen-bond acceptors (Lipinski definition) is 3. The summed E-state index contributed by atoms with van der Waals surface area (Å²) in [5.74, 6) is 0.789. The molecule has 0 amide bonds. The van der Waals surface area contributed by atoms with Gasteiger partial charge < -0.3 is 5.32 Å². The van der Waals surface area contributed by atoms with Crippen molar-refractivity contribution in [2.24, 2.45) is 5.92 Å². The zero-order valence-electron chi connectivity index (χ0n) is 12.0. The minimum atomic E-state index is 0.789. The number of aromatic nitrogens is 1. The van der Waals surface area contributed by atoms with Gasteiger partial charge in [0.2, 0.25) is 0 Å². The first kappa shape index (κ1) is 15.1. The molecule has 0 saturated heterocycles. The molecule has 0 saturated carbocycles. The lowest BCUT2D eigenvalue weighted by Gasteiger charge is -2.20. The Kier molecular flexibility index (Phi) is 7.62. The lowest BCUT2D eigenvalue weighted by molar-refractivity contribution is 0.278. The van der Waals surface area contributed by atoms with Gasteiger partial charge in [0.05, 0.1) is 0 Å². The van der Waals surface area contributed by atoms with Crippen LogP contribution >= 0.6 is 0 Å². The van der Waals surface area contributed by atoms with Gasteiger partial charge in [0.25, 0.3) is 0 Å². The number of hydrogen-bond donors (Lipinski definition) is 1. The van der Waals surface area contributed by atoms with Gasteiger partial charge in [0.1, 0.15) is 0 Å². The van der Waals surface area contributed by atoms with E-state index in [4.69, 9.17) is 0 Å². The highest BCUT2D eigenvalue weighted by Gasteiger charge is 2.03. The van der Waals surface area contributed by atoms with E-state index in [-0.39, 0.29) is 0 Å². The molecule has 1 aromatic heterocycles. The fraction of sp³-hybridized carbons (Fsp3) is 0.667. The van der Waals surface area contributed by atoms with Crippen LogP contribution in [0.4, 0.5) is 0 Å². The second kappa shape index (κ2) is 9.06. The van der Waals surface area contributed by atoms with Gasteiger partial charge in [0.15, 0.2) is 0 Å². The van der Waals surface area contributed by atoms with Crippen molar-refractivity contribution in [3.63, 3.8) is 0 Å². The van der Waals surface area contributed by atoms with Gasteiger partial charge in [-0.25, -0.2) is 0 Å². The molecule has 0 aliphatic heterocycles. The monoisotopic (exact) mass is 249 g/mol. The number of likely N-dealkylation sites (N-methyl/N-ethyl adjacent to an activating group) is 1. The number of nitrogens with one attached hydrogen (secondary N) is 1. The molecule has 0 fully saturated rings. The van der Waals surface area contributed by atoms with Crippen LogP contribution < -0.4 is 5.32 Å². The Hall–Kier alpha value is -0.930. The van der Waals surface area contributed by atoms with E-state index in [1.54, 1.807) is 0 Å². The standard InChI is InChI=1S/C15H27N3/c1-4-18(12-11-17-8-5-14(2)3)13-15-6-9-16-10-7-15/h6-7,9-10,14,17H,4-5,8,11-13H2,1-3H3. The van der Waals surface area contributed by atoms with Crippen molar-refractivity contribution in [3.8, 4) is 0 Å². The van der Waals surface area contributed by atoms with Crippen molar-refractivity contribution in [1.29, 1.82) is 0 Å². The molecule has 0 aliphatic carbocycles. The highest BCUT2D eigenvalue weighted by molar-refractivity contribution is 5.09. The fourth-order valence-electron chi connectivity index (χ4n) is 1.85. The third-order valence-corrected chi connectivity index (χ3v) is 3.11. The Labute approximate surface area is 112 Å². The van der Waals surface area contributed by atoms with E-state index in [9.17, 15) is 0 Å². The molecular formula is C15H27N3. The summed E-state index contributed by atoms with van der Waals surface area (Å²) in [6, 6.07) is 4.18. The van der Waals surface area contributed by atoms with Crippen molar-refractivity contribution in [2.45, 2.75) is 33.7 Å². The molecule has 1 rings (SSSR count). The number of rotatable bonds is 9. The van der Waals surface area contributed by atoms with Crippen LogP contribution in [0.5, 0.6) is 0 Å². The Morgan fingerprint density at radius 1 is 1.22 bits per heavy atom. The molecule has 1 N–H and O–H groups in total. The van der Waals surface area contributed by atoms with E-state index < -0.39 is 0 Å². The third-order valence-electron chi connectivity index (χ3n) is 3.11. The number of nitrogens with zero attached hydrogens (tertiary/aromatic N) is 2. The van der Waals surface area contributed by atoms with Crippen molar-refractivity contribution < 1.29 is 0 Å². The topological polar surface area (TPSA) is 28.2 Å². The summed E-state index contributed by atoms with van der Waals surface area (Å²) in [5.41, 5.74) is 1.34. The molecule has 1 heterocycles. The maximum absolute atomic E-state index is 4.05. The molecule has 3 heteroatoms. The number of pyridine rings is 1. The molecule has 0 aromatic carbocycles. The molecule has 0 atom stereocenters. The van der Waals surface area contributed by atoms with E-state index in [1.165, 1.54) is 12.0 Å². The van der Waals surface area contributed by atoms with E-state index in [2.05, 4.69) is 48.1 Å². The van der Waals surface area contributed by atoms with Crippen molar-refractivity contribution in [1.82, 2.24) is 15.2 Å². The molecule has 102 valence electrons. The summed E-state index contributed by atoms with van der Waals surface area (Å²) >= 11 is 0. The lowest BCUT2D eigenvalue weighted by atomic mass is 10.1. The fourth-order valence-corrected chi connectivity index (χ4v) is 1.85. The van der Waals surface area contributed by atoms with Crippen LogP contribution in [-0.2, 0) is 6.54 Å². The maximum Gasteiger partial charge on any atom is 0.0271 e. The highest BCUT2D eigenvalue weighted by atomic mass is 15.1. The first-order valence-electron chi connectivity index (χ1n) is 7.04. The second-order valence-electron chi connectivity index (χ2n) is 5.16. The van der Waals surface area contributed by atoms with Gasteiger partial charge in [-0.3, -0.25) is 9.88 Å². The van der Waals surface area contributed by atoms with E-state index in [1.807, 2.05) is 12.4 Å². The van der Waals surface area contributed by atoms with Crippen LogP contribution in [0.25, 0.3) is 0 Å². The van der Waals surface area contributed by atoms with Crippen molar-refractivity contribution >= 4 is 0 Å². The van der Waals surface area contributed by atoms with Crippen molar-refractivity contribution in [2.75, 3.05) is 26.2 Å². The minimum absolute atomic E-state index is 0.789. The first-order chi connectivity index (χ1) is 8.72. The summed E-state index contributed by atoms with van der Waals surface area (Å²) in [7, 11) is 0. The average molecular weight is 249 g/mol. The highest BCUT2D eigenvalue weighted by Crippen LogP contribution is 2.02. The Balaban J connectivity index is 2.18. The van der Waals surface area contributed by atoms with Gasteiger partial charge in [-0.2, -0.15) is 0 Å². The predicted molar refractivity (Wildman–Crippen MR) is 77.5 cm³/mol. The van der Waals surface area contributed by atoms with Gasteiger partial charge in [-0.1, -0.05) is 20.8 Å². The third kappa shape index (κ3) is 6.72. The van der Waals surface area contributed by atoms with Gasteiger partial charge in [0, 0.05) is 32.0 Å². The quantitative estimate of drug-likeness (QED) is 0.682. The van der Waals surface area contributed by atoms with E-state index in [0.29, 0.717) is 0 Å². The summed E-state index contributed by atoms with van der Waals surface area (Å²) in [6.45, 7) is 12.2. The van der Waals surface area contributed by atoms with E-state index >= 15 is 0 Å². The minimum Gasteiger partial charge on any atom is -0.315 e. The molecule has 0 radical (unpaired) electrons. The molecular weight excluding hydrogens is 222 g/mol. The van der Waals surface area contributed by atoms with Crippen LogP contribution in [0.1, 0.15) is 32.8 Å². The van der Waals surface area contributed by atoms with Crippen LogP contribution in [0, 0.1) is 5.92 Å². The van der Waals surface area contributed by atoms with Gasteiger partial charge in [-0.05, 0) is 43.1 Å². The Morgan fingerprint density at radius 2 is 1.94 bits per heavy atom. The SMILES string of the molecule is CCN(CCNCCC(C)C)Cc1ccncc1. The Bertz CT molecular complexity index is 298. The summed E-state index contributed by atoms with van der Waals surface area (Å²) in [5, 5.41) is 3.51. The first-order valence-corrected chi connectivity index (χ1v) is 7.04. The van der Waals surface area contributed by atoms with Crippen LogP contribution in [0.2, 0.25) is 0 Å². The zero-order valence-corrected chi connectivity index (χ0v) is 12.0. The summed E-state index contributed by atoms with van der Waals surface area (Å²) in [6.07, 6.45) is 4.99. The molecule has 0 bridgehead atoms. The average Bonchev–Trinajstić information content (AvgIpc) is 2.38. The predicted octanol–water partition coefficient (Wildman–Crippen LogP) is 2.54. The Morgan fingerprint density at radius 3 is 2.56 bits per heavy atom. The molecule has 1 aromatic rings. The molecule has 3 nitrogen and oxygen atoms in total. The molecule has 0 spiro atoms. The molecule has 0 unspecified atom stereocenters. The normalized spacial score (nSPS) is 11.4. The molecule has 0 aliphatic rings.